The first kappa shape index (κ1) is 95.0. The Hall–Kier alpha value is -11.8. The summed E-state index contributed by atoms with van der Waals surface area (Å²) < 4.78 is 0. The second-order valence-corrected chi connectivity index (χ2v) is 27.4. The van der Waals surface area contributed by atoms with E-state index in [0.29, 0.717) is 5.57 Å². The van der Waals surface area contributed by atoms with Crippen LogP contribution in [0.2, 0.25) is 0 Å². The van der Waals surface area contributed by atoms with Gasteiger partial charge in [0.15, 0.2) is 0 Å². The quantitative estimate of drug-likeness (QED) is 0.0370. The average molecular weight is 2270 g/mol. The van der Waals surface area contributed by atoms with Gasteiger partial charge in [0.1, 0.15) is 17.2 Å². The molecule has 118 heavy (non-hydrogen) atoms. The van der Waals surface area contributed by atoms with Gasteiger partial charge >= 0.3 is 23.3 Å². The number of pyridine rings is 5. The molecule has 0 aliphatic heterocycles. The van der Waals surface area contributed by atoms with Crippen LogP contribution < -0.4 is 0 Å². The van der Waals surface area contributed by atoms with Crippen LogP contribution in [0.1, 0.15) is 72.8 Å². The largest absolute Gasteiger partial charge is 0.512 e. The molecular weight excluding hydrogens is 2180 g/mol. The molecule has 0 saturated heterocycles. The number of aromatic nitrogens is 5. The van der Waals surface area contributed by atoms with Gasteiger partial charge in [-0.1, -0.05) is 172 Å². The number of hydrogen-bond donors (Lipinski definition) is 4. The minimum atomic E-state index is -0.990. The van der Waals surface area contributed by atoms with E-state index in [1.807, 2.05) is 118 Å². The maximum absolute atomic E-state index is 10.1. The monoisotopic (exact) mass is 2270 g/mol. The van der Waals surface area contributed by atoms with Gasteiger partial charge in [0.05, 0.1) is 44.3 Å². The number of ketones is 3. The Morgan fingerprint density at radius 1 is 0.314 bits per heavy atom. The topological polar surface area (TPSA) is 227 Å². The summed E-state index contributed by atoms with van der Waals surface area (Å²) in [7, 11) is 0. The second-order valence-electron chi connectivity index (χ2n) is 27.4. The molecule has 0 spiro atoms. The van der Waals surface area contributed by atoms with Crippen LogP contribution in [-0.4, -0.2) is 83.0 Å². The third-order valence-electron chi connectivity index (χ3n) is 18.0. The molecule has 5 heterocycles. The first-order valence-corrected chi connectivity index (χ1v) is 36.9. The molecule has 17 rings (SSSR count). The molecule has 0 bridgehead atoms. The molecule has 0 aliphatic carbocycles. The van der Waals surface area contributed by atoms with Gasteiger partial charge in [-0.05, 0) is 166 Å². The molecule has 0 unspecified atom stereocenters. The number of carboxylic acids is 1. The number of fused-ring (bicyclic) bond motifs is 12. The van der Waals surface area contributed by atoms with Crippen molar-refractivity contribution in [2.24, 2.45) is 5.41 Å². The summed E-state index contributed by atoms with van der Waals surface area (Å²) in [6.45, 7) is 14.9. The fourth-order valence-electron chi connectivity index (χ4n) is 12.2. The molecule has 0 amide bonds. The zero-order chi connectivity index (χ0) is 81.1. The standard InChI is InChI=1S/4C19H12N.C8H14O2.C6H5NO2.C6H10O2.C5H8O2.4Ir/c4*1-2-7-15(8-3-1)19-18-11-10-14-6-4-5-9-16(14)17(18)12-13-20-19;1-6(9)5-7(10)8(2,3)4;8-6(9)5-3-1-2-4-7-5;1-4(5(2)7)6(3)8;1-4(6)3-5(2)7;;;;/h4*1-7,9-13H;5,10H,1-4H3;1-4H,(H,8,9);7H,1-3H3;3,6H,1-2H3;;;;/q4*-1;;;;;;;;/p+3. The number of nitrogens with zero attached hydrogens (tertiary/aromatic N) is 5. The zero-order valence-electron chi connectivity index (χ0n) is 66.3. The number of carbonyl (C=O) groups excluding carboxylic acids is 3. The van der Waals surface area contributed by atoms with Crippen molar-refractivity contribution in [1.82, 2.24) is 24.9 Å². The van der Waals surface area contributed by atoms with E-state index in [-0.39, 0.29) is 126 Å². The molecule has 0 aliphatic rings. The number of aliphatic hydroxyl groups is 3. The molecule has 13 nitrogen and oxygen atoms in total. The SMILES string of the molecule is CC(=[OH+])C(C)=C(C)O.CC(=[OH+])C=C(C)O.CC(=[OH+])C=C(O)C(C)(C)C.O=C(O)c1ccccn1.[Ir].[Ir].[Ir].[Ir].[c-]1ccccc1-c1nccc2c1ccc1ccccc12.[c-]1ccccc1-c1nccc2c1ccc1ccccc12.[c-]1ccccc1-c1nccc2c1ccc1ccccc12.[c-]1ccccc1-c1nccc2c1ccc1ccccc12. The van der Waals surface area contributed by atoms with Gasteiger partial charge in [0.25, 0.3) is 0 Å². The van der Waals surface area contributed by atoms with Crippen LogP contribution >= 0.6 is 0 Å². The Balaban J connectivity index is 0.000000215. The summed E-state index contributed by atoms with van der Waals surface area (Å²) in [6, 6.07) is 109. The summed E-state index contributed by atoms with van der Waals surface area (Å²) in [6.07, 6.45) is 11.6. The Kier molecular flexibility index (Phi) is 37.7. The van der Waals surface area contributed by atoms with Crippen molar-refractivity contribution in [2.75, 3.05) is 0 Å². The molecule has 0 fully saturated rings. The summed E-state index contributed by atoms with van der Waals surface area (Å²) in [5, 5.41) is 54.4. The summed E-state index contributed by atoms with van der Waals surface area (Å²) in [4.78, 5) is 57.8. The van der Waals surface area contributed by atoms with Crippen molar-refractivity contribution in [3.63, 3.8) is 0 Å². The summed E-state index contributed by atoms with van der Waals surface area (Å²) in [5.74, 6) is -0.0643. The molecule has 7 N–H and O–H groups in total. The Bertz CT molecular complexity index is 5690. The third kappa shape index (κ3) is 26.1. The van der Waals surface area contributed by atoms with Gasteiger partial charge in [-0.2, -0.15) is 0 Å². The van der Waals surface area contributed by atoms with E-state index < -0.39 is 5.97 Å². The predicted octanol–water partition coefficient (Wildman–Crippen LogP) is 24.6. The van der Waals surface area contributed by atoms with E-state index in [0.717, 1.165) is 45.0 Å². The fourth-order valence-corrected chi connectivity index (χ4v) is 12.2. The maximum Gasteiger partial charge on any atom is 0.354 e. The molecule has 17 heteroatoms. The van der Waals surface area contributed by atoms with Gasteiger partial charge in [-0.15, -0.1) is 144 Å². The van der Waals surface area contributed by atoms with E-state index in [9.17, 15) is 9.90 Å². The normalized spacial score (nSPS) is 10.8. The van der Waals surface area contributed by atoms with Crippen molar-refractivity contribution in [3.8, 4) is 45.0 Å². The Morgan fingerprint density at radius 2 is 0.593 bits per heavy atom. The molecule has 17 aromatic rings. The van der Waals surface area contributed by atoms with Crippen LogP contribution in [0.15, 0.2) is 351 Å². The Morgan fingerprint density at radius 3 is 0.780 bits per heavy atom. The van der Waals surface area contributed by atoms with Gasteiger partial charge in [0.2, 0.25) is 0 Å². The van der Waals surface area contributed by atoms with Gasteiger partial charge in [0, 0.05) is 117 Å². The number of carbonyl (C=O) groups is 1. The van der Waals surface area contributed by atoms with Crippen molar-refractivity contribution < 1.29 is 120 Å². The van der Waals surface area contributed by atoms with Gasteiger partial charge < -0.3 is 40.4 Å². The first-order valence-electron chi connectivity index (χ1n) is 36.9. The van der Waals surface area contributed by atoms with Crippen molar-refractivity contribution >= 4 is 109 Å². The second kappa shape index (κ2) is 46.8. The minimum absolute atomic E-state index is 0. The van der Waals surface area contributed by atoms with Crippen molar-refractivity contribution in [3.05, 3.63) is 381 Å². The molecular formula is C101H88Ir4N5O8-. The molecule has 602 valence electrons. The number of benzene rings is 12. The first-order chi connectivity index (χ1) is 55.1. The van der Waals surface area contributed by atoms with Crippen LogP contribution in [-0.2, 0) is 80.4 Å². The van der Waals surface area contributed by atoms with Crippen molar-refractivity contribution in [1.29, 1.82) is 0 Å². The maximum atomic E-state index is 10.1. The summed E-state index contributed by atoms with van der Waals surface area (Å²) in [5.41, 5.74) is 8.47. The van der Waals surface area contributed by atoms with Crippen LogP contribution in [0.5, 0.6) is 0 Å². The third-order valence-corrected chi connectivity index (χ3v) is 18.0. The number of aliphatic hydroxyl groups excluding tert-OH is 3. The molecule has 0 saturated carbocycles. The van der Waals surface area contributed by atoms with Crippen LogP contribution in [0.25, 0.3) is 131 Å². The van der Waals surface area contributed by atoms with Gasteiger partial charge in [-0.25, -0.2) is 9.78 Å². The number of rotatable bonds is 8. The molecule has 0 atom stereocenters. The van der Waals surface area contributed by atoms with E-state index in [2.05, 4.69) is 243 Å². The number of hydrogen-bond acceptors (Lipinski definition) is 9. The van der Waals surface area contributed by atoms with E-state index in [1.54, 1.807) is 19.1 Å². The van der Waals surface area contributed by atoms with Crippen LogP contribution in [0, 0.1) is 29.7 Å². The summed E-state index contributed by atoms with van der Waals surface area (Å²) >= 11 is 0. The zero-order valence-corrected chi connectivity index (χ0v) is 75.9. The van der Waals surface area contributed by atoms with Gasteiger partial charge in [-0.3, -0.25) is 14.4 Å². The van der Waals surface area contributed by atoms with Crippen molar-refractivity contribution in [2.45, 2.75) is 62.3 Å². The molecule has 4 radical (unpaired) electrons. The average Bonchev–Trinajstić information content (AvgIpc) is 0.791. The fraction of sp³-hybridized carbons (Fsp3) is 0.0990. The van der Waals surface area contributed by atoms with Crippen LogP contribution in [0.3, 0.4) is 0 Å². The van der Waals surface area contributed by atoms with E-state index >= 15 is 0 Å². The van der Waals surface area contributed by atoms with Crippen LogP contribution in [0.4, 0.5) is 0 Å². The number of carboxylic acid groups (broad SMARTS) is 1. The van der Waals surface area contributed by atoms with E-state index in [4.69, 9.17) is 29.7 Å². The number of allylic oxidation sites excluding steroid dienone is 6. The number of aromatic carboxylic acids is 1. The minimum Gasteiger partial charge on any atom is -0.512 e. The predicted molar refractivity (Wildman–Crippen MR) is 471 cm³/mol. The van der Waals surface area contributed by atoms with E-state index in [1.165, 1.54) is 145 Å². The Labute approximate surface area is 741 Å². The smallest absolute Gasteiger partial charge is 0.354 e. The molecule has 12 aromatic carbocycles. The molecule has 5 aromatic heterocycles.